The van der Waals surface area contributed by atoms with Gasteiger partial charge in [0.05, 0.1) is 5.92 Å². The molecule has 25 heavy (non-hydrogen) atoms. The number of carbonyl (C=O) groups excluding carboxylic acids is 2. The molecule has 3 unspecified atom stereocenters. The lowest BCUT2D eigenvalue weighted by Gasteiger charge is -2.35. The standard InChI is InChI=1S/C19H34N4O2/c1-3-21-8-4-5-17(21)13-23-12-16(11-18(23)24)19(25)22-9-6-15(7-10-22)14(2)20/h14-17H,3-13,20H2,1-2H3. The molecule has 6 nitrogen and oxygen atoms in total. The van der Waals surface area contributed by atoms with Crippen molar-refractivity contribution in [2.24, 2.45) is 17.6 Å². The van der Waals surface area contributed by atoms with Crippen LogP contribution in [0.1, 0.15) is 46.0 Å². The van der Waals surface area contributed by atoms with Crippen molar-refractivity contribution >= 4 is 11.8 Å². The molecule has 6 heteroatoms. The molecule has 2 amide bonds. The van der Waals surface area contributed by atoms with Crippen LogP contribution in [0.3, 0.4) is 0 Å². The van der Waals surface area contributed by atoms with Gasteiger partial charge >= 0.3 is 0 Å². The molecular weight excluding hydrogens is 316 g/mol. The van der Waals surface area contributed by atoms with Crippen molar-refractivity contribution in [2.75, 3.05) is 39.3 Å². The van der Waals surface area contributed by atoms with Crippen LogP contribution in [0.25, 0.3) is 0 Å². The minimum absolute atomic E-state index is 0.143. The molecule has 0 aromatic rings. The fourth-order valence-electron chi connectivity index (χ4n) is 4.79. The quantitative estimate of drug-likeness (QED) is 0.800. The van der Waals surface area contributed by atoms with Crippen LogP contribution in [0.5, 0.6) is 0 Å². The fraction of sp³-hybridized carbons (Fsp3) is 0.895. The van der Waals surface area contributed by atoms with Gasteiger partial charge in [-0.25, -0.2) is 0 Å². The third-order valence-electron chi connectivity index (χ3n) is 6.49. The van der Waals surface area contributed by atoms with E-state index in [0.29, 0.717) is 24.9 Å². The Labute approximate surface area is 151 Å². The summed E-state index contributed by atoms with van der Waals surface area (Å²) in [5.74, 6) is 0.716. The first kappa shape index (κ1) is 18.6. The second-order valence-electron chi connectivity index (χ2n) is 8.15. The summed E-state index contributed by atoms with van der Waals surface area (Å²) in [5.41, 5.74) is 5.99. The van der Waals surface area contributed by atoms with Gasteiger partial charge in [-0.15, -0.1) is 0 Å². The van der Waals surface area contributed by atoms with Crippen molar-refractivity contribution in [3.63, 3.8) is 0 Å². The highest BCUT2D eigenvalue weighted by atomic mass is 16.2. The number of carbonyl (C=O) groups is 2. The zero-order valence-electron chi connectivity index (χ0n) is 15.8. The molecule has 0 aromatic carbocycles. The molecule has 3 atom stereocenters. The number of likely N-dealkylation sites (N-methyl/N-ethyl adjacent to an activating group) is 1. The van der Waals surface area contributed by atoms with E-state index in [2.05, 4.69) is 18.7 Å². The van der Waals surface area contributed by atoms with Crippen molar-refractivity contribution in [1.29, 1.82) is 0 Å². The van der Waals surface area contributed by atoms with Crippen LogP contribution in [0.15, 0.2) is 0 Å². The van der Waals surface area contributed by atoms with Gasteiger partial charge in [0, 0.05) is 44.7 Å². The lowest BCUT2D eigenvalue weighted by Crippen LogP contribution is -2.45. The van der Waals surface area contributed by atoms with Gasteiger partial charge in [0.1, 0.15) is 0 Å². The molecule has 0 aromatic heterocycles. The van der Waals surface area contributed by atoms with Gasteiger partial charge in [0.25, 0.3) is 0 Å². The van der Waals surface area contributed by atoms with Gasteiger partial charge in [-0.1, -0.05) is 6.92 Å². The zero-order valence-corrected chi connectivity index (χ0v) is 15.8. The molecule has 3 heterocycles. The van der Waals surface area contributed by atoms with E-state index in [1.165, 1.54) is 12.8 Å². The van der Waals surface area contributed by atoms with Crippen molar-refractivity contribution in [1.82, 2.24) is 14.7 Å². The summed E-state index contributed by atoms with van der Waals surface area (Å²) < 4.78 is 0. The Morgan fingerprint density at radius 1 is 1.24 bits per heavy atom. The van der Waals surface area contributed by atoms with Gasteiger partial charge in [0.15, 0.2) is 0 Å². The Hall–Kier alpha value is -1.14. The summed E-state index contributed by atoms with van der Waals surface area (Å²) >= 11 is 0. The monoisotopic (exact) mass is 350 g/mol. The zero-order chi connectivity index (χ0) is 18.0. The number of rotatable bonds is 5. The van der Waals surface area contributed by atoms with Gasteiger partial charge in [-0.05, 0) is 51.6 Å². The first-order chi connectivity index (χ1) is 12.0. The van der Waals surface area contributed by atoms with E-state index in [4.69, 9.17) is 5.73 Å². The Bertz CT molecular complexity index is 488. The van der Waals surface area contributed by atoms with Crippen LogP contribution in [0.4, 0.5) is 0 Å². The molecule has 0 bridgehead atoms. The Balaban J connectivity index is 1.51. The number of hydrogen-bond donors (Lipinski definition) is 1. The summed E-state index contributed by atoms with van der Waals surface area (Å²) in [5, 5.41) is 0. The second-order valence-corrected chi connectivity index (χ2v) is 8.15. The SMILES string of the molecule is CCN1CCCC1CN1CC(C(=O)N2CCC(C(C)N)CC2)CC1=O. The number of hydrogen-bond acceptors (Lipinski definition) is 4. The molecule has 0 radical (unpaired) electrons. The molecule has 3 saturated heterocycles. The third kappa shape index (κ3) is 4.17. The molecule has 3 fully saturated rings. The average molecular weight is 351 g/mol. The average Bonchev–Trinajstić information content (AvgIpc) is 3.21. The minimum Gasteiger partial charge on any atom is -0.342 e. The molecule has 3 rings (SSSR count). The predicted octanol–water partition coefficient (Wildman–Crippen LogP) is 0.905. The van der Waals surface area contributed by atoms with Gasteiger partial charge in [-0.2, -0.15) is 0 Å². The summed E-state index contributed by atoms with van der Waals surface area (Å²) in [6.45, 7) is 9.41. The van der Waals surface area contributed by atoms with Crippen LogP contribution < -0.4 is 5.73 Å². The molecular formula is C19H34N4O2. The van der Waals surface area contributed by atoms with E-state index in [1.54, 1.807) is 0 Å². The lowest BCUT2D eigenvalue weighted by molar-refractivity contribution is -0.137. The summed E-state index contributed by atoms with van der Waals surface area (Å²) in [6, 6.07) is 0.679. The molecule has 142 valence electrons. The second kappa shape index (κ2) is 8.04. The smallest absolute Gasteiger partial charge is 0.227 e. The van der Waals surface area contributed by atoms with E-state index in [9.17, 15) is 9.59 Å². The van der Waals surface area contributed by atoms with Gasteiger partial charge in [0.2, 0.25) is 11.8 Å². The number of nitrogens with two attached hydrogens (primary N) is 1. The van der Waals surface area contributed by atoms with Crippen molar-refractivity contribution < 1.29 is 9.59 Å². The van der Waals surface area contributed by atoms with Crippen molar-refractivity contribution in [3.05, 3.63) is 0 Å². The van der Waals surface area contributed by atoms with E-state index < -0.39 is 0 Å². The highest BCUT2D eigenvalue weighted by Gasteiger charge is 2.39. The topological polar surface area (TPSA) is 69.9 Å². The van der Waals surface area contributed by atoms with Crippen molar-refractivity contribution in [2.45, 2.75) is 58.0 Å². The first-order valence-corrected chi connectivity index (χ1v) is 10.1. The van der Waals surface area contributed by atoms with Crippen molar-refractivity contribution in [3.8, 4) is 0 Å². The number of nitrogens with zero attached hydrogens (tertiary/aromatic N) is 3. The normalized spacial score (nSPS) is 30.3. The maximum absolute atomic E-state index is 12.8. The number of likely N-dealkylation sites (tertiary alicyclic amines) is 3. The highest BCUT2D eigenvalue weighted by molar-refractivity contribution is 5.89. The number of amides is 2. The highest BCUT2D eigenvalue weighted by Crippen LogP contribution is 2.26. The van der Waals surface area contributed by atoms with Crippen LogP contribution >= 0.6 is 0 Å². The summed E-state index contributed by atoms with van der Waals surface area (Å²) in [4.78, 5) is 31.6. The van der Waals surface area contributed by atoms with E-state index in [-0.39, 0.29) is 23.8 Å². The molecule has 3 aliphatic rings. The Morgan fingerprint density at radius 2 is 1.96 bits per heavy atom. The summed E-state index contributed by atoms with van der Waals surface area (Å²) in [6.07, 6.45) is 4.76. The van der Waals surface area contributed by atoms with E-state index >= 15 is 0 Å². The predicted molar refractivity (Wildman–Crippen MR) is 97.9 cm³/mol. The van der Waals surface area contributed by atoms with Crippen LogP contribution in [0.2, 0.25) is 0 Å². The molecule has 0 spiro atoms. The number of piperidine rings is 1. The van der Waals surface area contributed by atoms with Crippen LogP contribution in [-0.2, 0) is 9.59 Å². The molecule has 0 saturated carbocycles. The lowest BCUT2D eigenvalue weighted by atomic mass is 9.90. The Morgan fingerprint density at radius 3 is 2.60 bits per heavy atom. The molecule has 3 aliphatic heterocycles. The fourth-order valence-corrected chi connectivity index (χ4v) is 4.79. The summed E-state index contributed by atoms with van der Waals surface area (Å²) in [7, 11) is 0. The van der Waals surface area contributed by atoms with Gasteiger partial charge < -0.3 is 15.5 Å². The maximum Gasteiger partial charge on any atom is 0.227 e. The molecule has 2 N–H and O–H groups in total. The molecule has 0 aliphatic carbocycles. The van der Waals surface area contributed by atoms with Crippen LogP contribution in [-0.4, -0.2) is 77.9 Å². The van der Waals surface area contributed by atoms with E-state index in [0.717, 1.165) is 45.6 Å². The van der Waals surface area contributed by atoms with Gasteiger partial charge in [-0.3, -0.25) is 14.5 Å². The largest absolute Gasteiger partial charge is 0.342 e. The third-order valence-corrected chi connectivity index (χ3v) is 6.49. The van der Waals surface area contributed by atoms with E-state index in [1.807, 2.05) is 9.80 Å². The minimum atomic E-state index is -0.143. The first-order valence-electron chi connectivity index (χ1n) is 10.1. The maximum atomic E-state index is 12.8. The van der Waals surface area contributed by atoms with Crippen LogP contribution in [0, 0.1) is 11.8 Å². The Kier molecular flexibility index (Phi) is 6.00.